The maximum atomic E-state index is 6.21. The third kappa shape index (κ3) is 5.70. The minimum Gasteiger partial charge on any atom is -0.456 e. The minimum absolute atomic E-state index is 0.893. The number of benzene rings is 10. The van der Waals surface area contributed by atoms with E-state index in [1.165, 1.54) is 21.9 Å². The van der Waals surface area contributed by atoms with Crippen molar-refractivity contribution in [1.29, 1.82) is 0 Å². The standard InChI is InChI=1S/C61H37N3O2/c1-2-10-38(11-3-1)39-18-20-40(21-19-39)61-62-53-14-6-7-15-56(53)64(61)46-28-26-45(27-29-46)63-54-30-22-41(43-24-32-59-51(36-43)47-12-4-8-16-57(47)65-59)34-49(54)50-35-42(23-31-55(50)63)44-25-33-60-52(37-44)48-13-5-9-17-58(48)66-60/h1-37H. The molecule has 4 heterocycles. The molecule has 0 saturated heterocycles. The van der Waals surface area contributed by atoms with Crippen LogP contribution in [0.3, 0.4) is 0 Å². The SMILES string of the molecule is c1ccc(-c2ccc(-c3nc4ccccc4n3-c3ccc(-n4c5ccc(-c6ccc7oc8ccccc8c7c6)cc5c5cc(-c6ccc7oc8ccccc8c7c6)ccc54)cc3)cc2)cc1. The van der Waals surface area contributed by atoms with Crippen molar-refractivity contribution in [3.63, 3.8) is 0 Å². The molecule has 14 rings (SSSR count). The number of hydrogen-bond donors (Lipinski definition) is 0. The van der Waals surface area contributed by atoms with Gasteiger partial charge in [-0.25, -0.2) is 4.98 Å². The quantitative estimate of drug-likeness (QED) is 0.168. The second-order valence-corrected chi connectivity index (χ2v) is 17.1. The molecule has 0 saturated carbocycles. The fraction of sp³-hybridized carbons (Fsp3) is 0. The molecule has 10 aromatic carbocycles. The van der Waals surface area contributed by atoms with Gasteiger partial charge < -0.3 is 13.4 Å². The lowest BCUT2D eigenvalue weighted by Gasteiger charge is -2.13. The zero-order valence-corrected chi connectivity index (χ0v) is 35.5. The van der Waals surface area contributed by atoms with Crippen LogP contribution in [-0.4, -0.2) is 14.1 Å². The Kier molecular flexibility index (Phi) is 7.91. The molecule has 5 heteroatoms. The van der Waals surface area contributed by atoms with Crippen LogP contribution in [0.25, 0.3) is 133 Å². The number of fused-ring (bicyclic) bond motifs is 10. The summed E-state index contributed by atoms with van der Waals surface area (Å²) in [6.07, 6.45) is 0. The minimum atomic E-state index is 0.893. The largest absolute Gasteiger partial charge is 0.456 e. The van der Waals surface area contributed by atoms with Gasteiger partial charge in [-0.3, -0.25) is 4.57 Å². The average molecular weight is 844 g/mol. The molecule has 14 aromatic rings. The summed E-state index contributed by atoms with van der Waals surface area (Å²) < 4.78 is 17.1. The molecular formula is C61H37N3O2. The fourth-order valence-corrected chi connectivity index (χ4v) is 10.1. The highest BCUT2D eigenvalue weighted by Crippen LogP contribution is 2.41. The van der Waals surface area contributed by atoms with Crippen molar-refractivity contribution < 1.29 is 8.83 Å². The number of furan rings is 2. The summed E-state index contributed by atoms with van der Waals surface area (Å²) in [5.41, 5.74) is 18.0. The summed E-state index contributed by atoms with van der Waals surface area (Å²) in [5.74, 6) is 0.906. The highest BCUT2D eigenvalue weighted by molar-refractivity contribution is 6.13. The lowest BCUT2D eigenvalue weighted by molar-refractivity contribution is 0.668. The van der Waals surface area contributed by atoms with Crippen LogP contribution in [-0.2, 0) is 0 Å². The summed E-state index contributed by atoms with van der Waals surface area (Å²) >= 11 is 0. The molecular weight excluding hydrogens is 807 g/mol. The molecule has 5 nitrogen and oxygen atoms in total. The second-order valence-electron chi connectivity index (χ2n) is 17.1. The molecule has 66 heavy (non-hydrogen) atoms. The molecule has 0 atom stereocenters. The van der Waals surface area contributed by atoms with E-state index in [1.807, 2.05) is 24.3 Å². The first kappa shape index (κ1) is 36.5. The Labute approximate surface area is 378 Å². The number of imidazole rings is 1. The Morgan fingerprint density at radius 1 is 0.273 bits per heavy atom. The van der Waals surface area contributed by atoms with Gasteiger partial charge in [-0.1, -0.05) is 127 Å². The smallest absolute Gasteiger partial charge is 0.145 e. The summed E-state index contributed by atoms with van der Waals surface area (Å²) in [7, 11) is 0. The average Bonchev–Trinajstić information content (AvgIpc) is 4.15. The Morgan fingerprint density at radius 3 is 1.29 bits per heavy atom. The lowest BCUT2D eigenvalue weighted by Crippen LogP contribution is -1.99. The monoisotopic (exact) mass is 843 g/mol. The van der Waals surface area contributed by atoms with Gasteiger partial charge in [0.05, 0.1) is 22.1 Å². The van der Waals surface area contributed by atoms with Gasteiger partial charge in [0.1, 0.15) is 28.2 Å². The summed E-state index contributed by atoms with van der Waals surface area (Å²) in [4.78, 5) is 5.19. The van der Waals surface area contributed by atoms with Crippen molar-refractivity contribution in [2.45, 2.75) is 0 Å². The van der Waals surface area contributed by atoms with Gasteiger partial charge >= 0.3 is 0 Å². The lowest BCUT2D eigenvalue weighted by atomic mass is 9.98. The van der Waals surface area contributed by atoms with E-state index in [2.05, 4.69) is 209 Å². The molecule has 0 spiro atoms. The third-order valence-corrected chi connectivity index (χ3v) is 13.4. The van der Waals surface area contributed by atoms with Gasteiger partial charge in [-0.05, 0) is 130 Å². The van der Waals surface area contributed by atoms with Crippen LogP contribution in [0.15, 0.2) is 233 Å². The maximum absolute atomic E-state index is 6.21. The number of aromatic nitrogens is 3. The number of rotatable bonds is 6. The summed E-state index contributed by atoms with van der Waals surface area (Å²) in [6.45, 7) is 0. The van der Waals surface area contributed by atoms with Crippen LogP contribution in [0.1, 0.15) is 0 Å². The van der Waals surface area contributed by atoms with Crippen LogP contribution in [0.5, 0.6) is 0 Å². The van der Waals surface area contributed by atoms with Crippen molar-refractivity contribution in [2.24, 2.45) is 0 Å². The van der Waals surface area contributed by atoms with Gasteiger partial charge in [0.2, 0.25) is 0 Å². The molecule has 0 aliphatic heterocycles. The van der Waals surface area contributed by atoms with Gasteiger partial charge in [-0.15, -0.1) is 0 Å². The van der Waals surface area contributed by atoms with E-state index in [0.29, 0.717) is 0 Å². The van der Waals surface area contributed by atoms with Crippen LogP contribution < -0.4 is 0 Å². The molecule has 0 amide bonds. The first-order valence-corrected chi connectivity index (χ1v) is 22.3. The van der Waals surface area contributed by atoms with Crippen LogP contribution in [0.2, 0.25) is 0 Å². The molecule has 0 aliphatic rings. The molecule has 308 valence electrons. The second kappa shape index (κ2) is 14.3. The molecule has 0 aliphatic carbocycles. The van der Waals surface area contributed by atoms with E-state index < -0.39 is 0 Å². The van der Waals surface area contributed by atoms with Crippen molar-refractivity contribution in [3.8, 4) is 56.1 Å². The first-order valence-electron chi connectivity index (χ1n) is 22.3. The van der Waals surface area contributed by atoms with Crippen molar-refractivity contribution in [3.05, 3.63) is 224 Å². The van der Waals surface area contributed by atoms with Gasteiger partial charge in [-0.2, -0.15) is 0 Å². The van der Waals surface area contributed by atoms with Crippen LogP contribution >= 0.6 is 0 Å². The molecule has 0 unspecified atom stereocenters. The summed E-state index contributed by atoms with van der Waals surface area (Å²) in [6, 6.07) is 79.9. The van der Waals surface area contributed by atoms with Crippen LogP contribution in [0.4, 0.5) is 0 Å². The van der Waals surface area contributed by atoms with Gasteiger partial charge in [0, 0.05) is 49.3 Å². The maximum Gasteiger partial charge on any atom is 0.145 e. The van der Waals surface area contributed by atoms with Gasteiger partial charge in [0.15, 0.2) is 0 Å². The van der Waals surface area contributed by atoms with E-state index in [9.17, 15) is 0 Å². The zero-order valence-electron chi connectivity index (χ0n) is 35.5. The Morgan fingerprint density at radius 2 is 0.697 bits per heavy atom. The highest BCUT2D eigenvalue weighted by atomic mass is 16.3. The predicted molar refractivity (Wildman–Crippen MR) is 272 cm³/mol. The number of nitrogens with zero attached hydrogens (tertiary/aromatic N) is 3. The normalized spacial score (nSPS) is 11.9. The number of hydrogen-bond acceptors (Lipinski definition) is 3. The molecule has 4 aromatic heterocycles. The van der Waals surface area contributed by atoms with Crippen molar-refractivity contribution >= 4 is 76.7 Å². The Hall–Kier alpha value is -8.93. The van der Waals surface area contributed by atoms with Crippen molar-refractivity contribution in [2.75, 3.05) is 0 Å². The van der Waals surface area contributed by atoms with Gasteiger partial charge in [0.25, 0.3) is 0 Å². The van der Waals surface area contributed by atoms with E-state index in [1.54, 1.807) is 0 Å². The van der Waals surface area contributed by atoms with Crippen molar-refractivity contribution in [1.82, 2.24) is 14.1 Å². The molecule has 0 fully saturated rings. The Bertz CT molecular complexity index is 4040. The highest BCUT2D eigenvalue weighted by Gasteiger charge is 2.19. The van der Waals surface area contributed by atoms with Crippen LogP contribution in [0, 0.1) is 0 Å². The zero-order chi connectivity index (χ0) is 43.3. The predicted octanol–water partition coefficient (Wildman–Crippen LogP) is 16.6. The topological polar surface area (TPSA) is 49.0 Å². The van der Waals surface area contributed by atoms with E-state index >= 15 is 0 Å². The van der Waals surface area contributed by atoms with E-state index in [4.69, 9.17) is 13.8 Å². The molecule has 0 bridgehead atoms. The Balaban J connectivity index is 0.919. The third-order valence-electron chi connectivity index (χ3n) is 13.4. The fourth-order valence-electron chi connectivity index (χ4n) is 10.1. The van der Waals surface area contributed by atoms with E-state index in [0.717, 1.165) is 111 Å². The molecule has 0 radical (unpaired) electrons. The van der Waals surface area contributed by atoms with E-state index in [-0.39, 0.29) is 0 Å². The summed E-state index contributed by atoms with van der Waals surface area (Å²) in [5, 5.41) is 6.85. The molecule has 0 N–H and O–H groups in total. The number of para-hydroxylation sites is 4. The first-order chi connectivity index (χ1) is 32.7.